The first-order valence-electron chi connectivity index (χ1n) is 8.05. The van der Waals surface area contributed by atoms with Gasteiger partial charge in [-0.05, 0) is 37.6 Å². The summed E-state index contributed by atoms with van der Waals surface area (Å²) in [6.07, 6.45) is 2.25. The highest BCUT2D eigenvalue weighted by molar-refractivity contribution is 5.49. The molecule has 3 nitrogen and oxygen atoms in total. The van der Waals surface area contributed by atoms with Crippen molar-refractivity contribution < 1.29 is 4.74 Å². The summed E-state index contributed by atoms with van der Waals surface area (Å²) in [4.78, 5) is 0. The average Bonchev–Trinajstić information content (AvgIpc) is 2.54. The van der Waals surface area contributed by atoms with Gasteiger partial charge < -0.3 is 15.4 Å². The molecule has 0 aromatic heterocycles. The van der Waals surface area contributed by atoms with E-state index in [0.29, 0.717) is 0 Å². The summed E-state index contributed by atoms with van der Waals surface area (Å²) in [5.74, 6) is 0.935. The molecule has 2 aromatic carbocycles. The smallest absolute Gasteiger partial charge is 0.121 e. The second-order valence-electron chi connectivity index (χ2n) is 5.45. The van der Waals surface area contributed by atoms with Gasteiger partial charge in [0.25, 0.3) is 0 Å². The lowest BCUT2D eigenvalue weighted by Gasteiger charge is -2.11. The van der Waals surface area contributed by atoms with E-state index in [4.69, 9.17) is 4.74 Å². The van der Waals surface area contributed by atoms with E-state index >= 15 is 0 Å². The number of rotatable bonds is 9. The van der Waals surface area contributed by atoms with Crippen LogP contribution in [0.5, 0.6) is 5.75 Å². The van der Waals surface area contributed by atoms with E-state index < -0.39 is 0 Å². The Bertz CT molecular complexity index is 552. The van der Waals surface area contributed by atoms with E-state index in [0.717, 1.165) is 49.7 Å². The minimum Gasteiger partial charge on any atom is -0.494 e. The van der Waals surface area contributed by atoms with Crippen LogP contribution in [0.1, 0.15) is 25.3 Å². The third-order valence-corrected chi connectivity index (χ3v) is 3.44. The van der Waals surface area contributed by atoms with Gasteiger partial charge in [0.05, 0.1) is 6.61 Å². The predicted octanol–water partition coefficient (Wildman–Crippen LogP) is 4.70. The normalized spacial score (nSPS) is 10.3. The molecule has 3 heteroatoms. The molecule has 2 N–H and O–H groups in total. The molecular weight excluding hydrogens is 272 g/mol. The molecule has 0 fully saturated rings. The number of ether oxygens (including phenoxy) is 1. The van der Waals surface area contributed by atoms with E-state index in [1.807, 2.05) is 12.1 Å². The van der Waals surface area contributed by atoms with Crippen LogP contribution in [0.25, 0.3) is 0 Å². The van der Waals surface area contributed by atoms with Crippen molar-refractivity contribution in [2.24, 2.45) is 0 Å². The third kappa shape index (κ3) is 5.68. The highest BCUT2D eigenvalue weighted by Crippen LogP contribution is 2.17. The Labute approximate surface area is 133 Å². The zero-order chi connectivity index (χ0) is 15.6. The molecule has 2 rings (SSSR count). The number of aryl methyl sites for hydroxylation is 1. The van der Waals surface area contributed by atoms with Crippen LogP contribution in [0.2, 0.25) is 0 Å². The maximum atomic E-state index is 5.72. The van der Waals surface area contributed by atoms with Gasteiger partial charge in [-0.25, -0.2) is 0 Å². The molecule has 0 saturated carbocycles. The quantitative estimate of drug-likeness (QED) is 0.658. The average molecular weight is 298 g/mol. The second-order valence-corrected chi connectivity index (χ2v) is 5.45. The topological polar surface area (TPSA) is 33.3 Å². The molecule has 22 heavy (non-hydrogen) atoms. The molecule has 0 heterocycles. The number of anilines is 2. The lowest BCUT2D eigenvalue weighted by molar-refractivity contribution is 0.309. The van der Waals surface area contributed by atoms with Crippen molar-refractivity contribution in [3.8, 4) is 5.75 Å². The molecule has 0 bridgehead atoms. The number of nitrogens with one attached hydrogen (secondary N) is 2. The first-order chi connectivity index (χ1) is 10.8. The van der Waals surface area contributed by atoms with Crippen molar-refractivity contribution in [1.82, 2.24) is 0 Å². The van der Waals surface area contributed by atoms with Crippen molar-refractivity contribution in [3.63, 3.8) is 0 Å². The Morgan fingerprint density at radius 1 is 0.909 bits per heavy atom. The molecule has 0 unspecified atom stereocenters. The second kappa shape index (κ2) is 8.98. The number of benzene rings is 2. The molecule has 0 aliphatic carbocycles. The largest absolute Gasteiger partial charge is 0.494 e. The first-order valence-corrected chi connectivity index (χ1v) is 8.05. The van der Waals surface area contributed by atoms with E-state index in [1.165, 1.54) is 5.56 Å². The van der Waals surface area contributed by atoms with Crippen LogP contribution < -0.4 is 15.4 Å². The Morgan fingerprint density at radius 2 is 1.64 bits per heavy atom. The summed E-state index contributed by atoms with van der Waals surface area (Å²) in [5, 5.41) is 6.82. The van der Waals surface area contributed by atoms with Crippen LogP contribution in [0.3, 0.4) is 0 Å². The molecule has 0 atom stereocenters. The Morgan fingerprint density at radius 3 is 2.36 bits per heavy atom. The molecule has 0 spiro atoms. The number of hydrogen-bond donors (Lipinski definition) is 2. The molecule has 118 valence electrons. The predicted molar refractivity (Wildman–Crippen MR) is 95.0 cm³/mol. The van der Waals surface area contributed by atoms with Crippen molar-refractivity contribution in [1.29, 1.82) is 0 Å². The maximum Gasteiger partial charge on any atom is 0.121 e. The Balaban J connectivity index is 1.72. The Kier molecular flexibility index (Phi) is 6.62. The van der Waals surface area contributed by atoms with Gasteiger partial charge in [-0.15, -0.1) is 0 Å². The summed E-state index contributed by atoms with van der Waals surface area (Å²) in [6.45, 7) is 6.80. The summed E-state index contributed by atoms with van der Waals surface area (Å²) in [6, 6.07) is 16.6. The van der Waals surface area contributed by atoms with Gasteiger partial charge >= 0.3 is 0 Å². The first kappa shape index (κ1) is 16.2. The highest BCUT2D eigenvalue weighted by Gasteiger charge is 1.97. The summed E-state index contributed by atoms with van der Waals surface area (Å²) < 4.78 is 5.72. The lowest BCUT2D eigenvalue weighted by atomic mass is 10.2. The third-order valence-electron chi connectivity index (χ3n) is 3.44. The highest BCUT2D eigenvalue weighted by atomic mass is 16.5. The molecule has 0 radical (unpaired) electrons. The summed E-state index contributed by atoms with van der Waals surface area (Å²) in [5.41, 5.74) is 3.53. The molecule has 0 saturated heterocycles. The van der Waals surface area contributed by atoms with Crippen molar-refractivity contribution in [3.05, 3.63) is 54.1 Å². The van der Waals surface area contributed by atoms with Gasteiger partial charge in [0.15, 0.2) is 0 Å². The monoisotopic (exact) mass is 298 g/mol. The lowest BCUT2D eigenvalue weighted by Crippen LogP contribution is -2.13. The van der Waals surface area contributed by atoms with Crippen molar-refractivity contribution in [2.75, 3.05) is 30.3 Å². The molecule has 0 aliphatic heterocycles. The van der Waals surface area contributed by atoms with E-state index in [2.05, 4.69) is 60.9 Å². The van der Waals surface area contributed by atoms with Crippen molar-refractivity contribution in [2.45, 2.75) is 26.7 Å². The van der Waals surface area contributed by atoms with Crippen LogP contribution in [-0.4, -0.2) is 19.7 Å². The summed E-state index contributed by atoms with van der Waals surface area (Å²) in [7, 11) is 0. The maximum absolute atomic E-state index is 5.72. The van der Waals surface area contributed by atoms with Crippen LogP contribution in [-0.2, 0) is 0 Å². The Hall–Kier alpha value is -2.16. The van der Waals surface area contributed by atoms with Gasteiger partial charge in [-0.2, -0.15) is 0 Å². The van der Waals surface area contributed by atoms with Gasteiger partial charge in [-0.3, -0.25) is 0 Å². The molecule has 2 aromatic rings. The zero-order valence-corrected chi connectivity index (χ0v) is 13.6. The summed E-state index contributed by atoms with van der Waals surface area (Å²) >= 11 is 0. The van der Waals surface area contributed by atoms with Gasteiger partial charge in [0, 0.05) is 30.5 Å². The fourth-order valence-electron chi connectivity index (χ4n) is 2.12. The molecule has 0 amide bonds. The SMILES string of the molecule is CCCCOc1cccc(NCCNc2ccc(C)cc2)c1. The van der Waals surface area contributed by atoms with Gasteiger partial charge in [-0.1, -0.05) is 37.1 Å². The van der Waals surface area contributed by atoms with Gasteiger partial charge in [0.2, 0.25) is 0 Å². The number of hydrogen-bond acceptors (Lipinski definition) is 3. The fourth-order valence-corrected chi connectivity index (χ4v) is 2.12. The van der Waals surface area contributed by atoms with Crippen LogP contribution in [0.4, 0.5) is 11.4 Å². The van der Waals surface area contributed by atoms with E-state index in [-0.39, 0.29) is 0 Å². The number of unbranched alkanes of at least 4 members (excludes halogenated alkanes) is 1. The van der Waals surface area contributed by atoms with Crippen LogP contribution in [0.15, 0.2) is 48.5 Å². The van der Waals surface area contributed by atoms with Gasteiger partial charge in [0.1, 0.15) is 5.75 Å². The van der Waals surface area contributed by atoms with Crippen LogP contribution >= 0.6 is 0 Å². The van der Waals surface area contributed by atoms with E-state index in [9.17, 15) is 0 Å². The van der Waals surface area contributed by atoms with E-state index in [1.54, 1.807) is 0 Å². The fraction of sp³-hybridized carbons (Fsp3) is 0.368. The molecule has 0 aliphatic rings. The minimum atomic E-state index is 0.787. The minimum absolute atomic E-state index is 0.787. The zero-order valence-electron chi connectivity index (χ0n) is 13.6. The standard InChI is InChI=1S/C19H26N2O/c1-3-4-14-22-19-7-5-6-18(15-19)21-13-12-20-17-10-8-16(2)9-11-17/h5-11,15,20-21H,3-4,12-14H2,1-2H3. The van der Waals surface area contributed by atoms with Crippen molar-refractivity contribution >= 4 is 11.4 Å². The van der Waals surface area contributed by atoms with Crippen LogP contribution in [0, 0.1) is 6.92 Å². The molecular formula is C19H26N2O.